The number of hydrogen-bond acceptors (Lipinski definition) is 3. The van der Waals surface area contributed by atoms with Crippen LogP contribution in [0.4, 0.5) is 5.69 Å². The first-order chi connectivity index (χ1) is 7.06. The van der Waals surface area contributed by atoms with Crippen LogP contribution in [-0.2, 0) is 17.8 Å². The third-order valence-corrected chi connectivity index (χ3v) is 2.42. The fourth-order valence-corrected chi connectivity index (χ4v) is 1.60. The summed E-state index contributed by atoms with van der Waals surface area (Å²) in [6.45, 7) is 4.70. The van der Waals surface area contributed by atoms with Crippen molar-refractivity contribution in [1.82, 2.24) is 9.78 Å². The van der Waals surface area contributed by atoms with Crippen molar-refractivity contribution in [2.75, 3.05) is 5.73 Å². The summed E-state index contributed by atoms with van der Waals surface area (Å²) in [5.74, 6) is -0.271. The quantitative estimate of drug-likeness (QED) is 0.746. The van der Waals surface area contributed by atoms with E-state index in [0.717, 1.165) is 36.5 Å². The lowest BCUT2D eigenvalue weighted by molar-refractivity contribution is -0.118. The summed E-state index contributed by atoms with van der Waals surface area (Å²) in [7, 11) is 0. The molecule has 0 aliphatic heterocycles. The highest BCUT2D eigenvalue weighted by molar-refractivity contribution is 5.73. The van der Waals surface area contributed by atoms with E-state index in [4.69, 9.17) is 11.5 Å². The molecular weight excluding hydrogens is 192 g/mol. The Kier molecular flexibility index (Phi) is 3.71. The second kappa shape index (κ2) is 4.82. The van der Waals surface area contributed by atoms with Gasteiger partial charge in [0.25, 0.3) is 0 Å². The molecule has 1 aromatic rings. The van der Waals surface area contributed by atoms with Crippen molar-refractivity contribution in [3.63, 3.8) is 0 Å². The molecular formula is C10H18N4O. The molecule has 0 spiro atoms. The Hall–Kier alpha value is -1.52. The molecule has 0 aromatic carbocycles. The number of aromatic nitrogens is 2. The fourth-order valence-electron chi connectivity index (χ4n) is 1.60. The second-order valence-electron chi connectivity index (χ2n) is 3.58. The van der Waals surface area contributed by atoms with Crippen molar-refractivity contribution in [3.8, 4) is 0 Å². The molecule has 0 bridgehead atoms. The molecule has 5 nitrogen and oxygen atoms in total. The maximum absolute atomic E-state index is 10.6. The number of anilines is 1. The van der Waals surface area contributed by atoms with Gasteiger partial charge in [0, 0.05) is 13.0 Å². The van der Waals surface area contributed by atoms with Crippen molar-refractivity contribution >= 4 is 11.6 Å². The first kappa shape index (κ1) is 11.6. The number of rotatable bonds is 5. The van der Waals surface area contributed by atoms with Crippen LogP contribution in [0.5, 0.6) is 0 Å². The van der Waals surface area contributed by atoms with Gasteiger partial charge in [0.1, 0.15) is 0 Å². The Morgan fingerprint density at radius 3 is 2.73 bits per heavy atom. The minimum atomic E-state index is -0.271. The average Bonchev–Trinajstić information content (AvgIpc) is 2.44. The molecule has 4 N–H and O–H groups in total. The lowest BCUT2D eigenvalue weighted by atomic mass is 10.1. The first-order valence-corrected chi connectivity index (χ1v) is 5.16. The third-order valence-electron chi connectivity index (χ3n) is 2.42. The molecule has 15 heavy (non-hydrogen) atoms. The van der Waals surface area contributed by atoms with Crippen LogP contribution < -0.4 is 11.5 Å². The lowest BCUT2D eigenvalue weighted by Crippen LogP contribution is -2.11. The molecule has 5 heteroatoms. The Morgan fingerprint density at radius 2 is 2.20 bits per heavy atom. The van der Waals surface area contributed by atoms with Gasteiger partial charge in [-0.05, 0) is 26.7 Å². The SMILES string of the molecule is CCn1nc(C)c(N)c1CCCC(N)=O. The van der Waals surface area contributed by atoms with Gasteiger partial charge in [-0.25, -0.2) is 0 Å². The standard InChI is InChI=1S/C10H18N4O/c1-3-14-8(5-4-6-9(11)15)10(12)7(2)13-14/h3-6,12H2,1-2H3,(H2,11,15). The predicted molar refractivity (Wildman–Crippen MR) is 59.2 cm³/mol. The predicted octanol–water partition coefficient (Wildman–Crippen LogP) is 0.602. The summed E-state index contributed by atoms with van der Waals surface area (Å²) in [6, 6.07) is 0. The van der Waals surface area contributed by atoms with Gasteiger partial charge in [-0.15, -0.1) is 0 Å². The molecule has 0 radical (unpaired) electrons. The summed E-state index contributed by atoms with van der Waals surface area (Å²) in [4.78, 5) is 10.6. The molecule has 0 atom stereocenters. The van der Waals surface area contributed by atoms with Crippen molar-refractivity contribution in [2.24, 2.45) is 5.73 Å². The molecule has 84 valence electrons. The summed E-state index contributed by atoms with van der Waals surface area (Å²) in [6.07, 6.45) is 1.88. The molecule has 0 aliphatic carbocycles. The summed E-state index contributed by atoms with van der Waals surface area (Å²) in [5, 5.41) is 4.30. The monoisotopic (exact) mass is 210 g/mol. The molecule has 0 aliphatic rings. The number of nitrogens with two attached hydrogens (primary N) is 2. The molecule has 0 unspecified atom stereocenters. The van der Waals surface area contributed by atoms with E-state index >= 15 is 0 Å². The van der Waals surface area contributed by atoms with Gasteiger partial charge in [0.05, 0.1) is 17.1 Å². The summed E-state index contributed by atoms with van der Waals surface area (Å²) in [5.41, 5.74) is 13.6. The van der Waals surface area contributed by atoms with Crippen LogP contribution in [-0.4, -0.2) is 15.7 Å². The van der Waals surface area contributed by atoms with Crippen LogP contribution in [0, 0.1) is 6.92 Å². The van der Waals surface area contributed by atoms with E-state index in [1.165, 1.54) is 0 Å². The number of aryl methyl sites for hydroxylation is 2. The van der Waals surface area contributed by atoms with E-state index in [-0.39, 0.29) is 5.91 Å². The molecule has 1 amide bonds. The minimum absolute atomic E-state index is 0.271. The van der Waals surface area contributed by atoms with Crippen LogP contribution in [0.3, 0.4) is 0 Å². The van der Waals surface area contributed by atoms with Gasteiger partial charge in [-0.2, -0.15) is 5.10 Å². The Labute approximate surface area is 89.4 Å². The van der Waals surface area contributed by atoms with E-state index in [9.17, 15) is 4.79 Å². The van der Waals surface area contributed by atoms with Gasteiger partial charge in [0.15, 0.2) is 0 Å². The number of nitrogen functional groups attached to an aromatic ring is 1. The minimum Gasteiger partial charge on any atom is -0.396 e. The van der Waals surface area contributed by atoms with Crippen molar-refractivity contribution in [3.05, 3.63) is 11.4 Å². The normalized spacial score (nSPS) is 10.5. The number of amides is 1. The van der Waals surface area contributed by atoms with Crippen LogP contribution in [0.1, 0.15) is 31.2 Å². The molecule has 1 rings (SSSR count). The zero-order valence-corrected chi connectivity index (χ0v) is 9.29. The van der Waals surface area contributed by atoms with Crippen molar-refractivity contribution in [1.29, 1.82) is 0 Å². The van der Waals surface area contributed by atoms with E-state index in [1.807, 2.05) is 18.5 Å². The highest BCUT2D eigenvalue weighted by Gasteiger charge is 2.11. The van der Waals surface area contributed by atoms with Gasteiger partial charge >= 0.3 is 0 Å². The van der Waals surface area contributed by atoms with Crippen LogP contribution in [0.2, 0.25) is 0 Å². The first-order valence-electron chi connectivity index (χ1n) is 5.16. The highest BCUT2D eigenvalue weighted by Crippen LogP contribution is 2.18. The number of carbonyl (C=O) groups is 1. The molecule has 0 saturated heterocycles. The van der Waals surface area contributed by atoms with E-state index < -0.39 is 0 Å². The van der Waals surface area contributed by atoms with E-state index in [2.05, 4.69) is 5.10 Å². The topological polar surface area (TPSA) is 86.9 Å². The zero-order valence-electron chi connectivity index (χ0n) is 9.29. The number of primary amides is 1. The summed E-state index contributed by atoms with van der Waals surface area (Å²) >= 11 is 0. The van der Waals surface area contributed by atoms with Gasteiger partial charge in [-0.1, -0.05) is 0 Å². The summed E-state index contributed by atoms with van der Waals surface area (Å²) < 4.78 is 1.88. The van der Waals surface area contributed by atoms with E-state index in [0.29, 0.717) is 6.42 Å². The van der Waals surface area contributed by atoms with Crippen molar-refractivity contribution in [2.45, 2.75) is 39.7 Å². The smallest absolute Gasteiger partial charge is 0.217 e. The molecule has 0 fully saturated rings. The Morgan fingerprint density at radius 1 is 1.53 bits per heavy atom. The zero-order chi connectivity index (χ0) is 11.4. The molecule has 0 saturated carbocycles. The largest absolute Gasteiger partial charge is 0.396 e. The van der Waals surface area contributed by atoms with E-state index in [1.54, 1.807) is 0 Å². The van der Waals surface area contributed by atoms with Crippen molar-refractivity contribution < 1.29 is 4.79 Å². The fraction of sp³-hybridized carbons (Fsp3) is 0.600. The molecule has 1 heterocycles. The molecule has 1 aromatic heterocycles. The Bertz CT molecular complexity index is 357. The Balaban J connectivity index is 2.70. The maximum atomic E-state index is 10.6. The van der Waals surface area contributed by atoms with Crippen LogP contribution >= 0.6 is 0 Å². The number of hydrogen-bond donors (Lipinski definition) is 2. The van der Waals surface area contributed by atoms with Gasteiger partial charge < -0.3 is 11.5 Å². The van der Waals surface area contributed by atoms with Gasteiger partial charge in [0.2, 0.25) is 5.91 Å². The van der Waals surface area contributed by atoms with Gasteiger partial charge in [-0.3, -0.25) is 9.48 Å². The highest BCUT2D eigenvalue weighted by atomic mass is 16.1. The van der Waals surface area contributed by atoms with Crippen LogP contribution in [0.25, 0.3) is 0 Å². The lowest BCUT2D eigenvalue weighted by Gasteiger charge is -2.04. The van der Waals surface area contributed by atoms with Crippen LogP contribution in [0.15, 0.2) is 0 Å². The number of carbonyl (C=O) groups excluding carboxylic acids is 1. The maximum Gasteiger partial charge on any atom is 0.217 e. The number of nitrogens with zero attached hydrogens (tertiary/aromatic N) is 2. The second-order valence-corrected chi connectivity index (χ2v) is 3.58. The third kappa shape index (κ3) is 2.71. The average molecular weight is 210 g/mol.